The van der Waals surface area contributed by atoms with Gasteiger partial charge in [0.15, 0.2) is 5.78 Å². The monoisotopic (exact) mass is 268 g/mol. The summed E-state index contributed by atoms with van der Waals surface area (Å²) in [5.41, 5.74) is 7.66. The molecule has 19 heavy (non-hydrogen) atoms. The van der Waals surface area contributed by atoms with Crippen LogP contribution in [0.15, 0.2) is 48.0 Å². The molecule has 0 aliphatic heterocycles. The lowest BCUT2D eigenvalue weighted by molar-refractivity contribution is 0.104. The van der Waals surface area contributed by atoms with Crippen LogP contribution in [0.2, 0.25) is 0 Å². The van der Waals surface area contributed by atoms with Crippen molar-refractivity contribution in [2.75, 3.05) is 0 Å². The van der Waals surface area contributed by atoms with Gasteiger partial charge in [0.1, 0.15) is 0 Å². The standard InChI is InChI=1S/C15H12N2OS/c16-9-12-8-11(4-6-17-12)14(18)13-3-1-2-10-5-7-19-15(10)13/h1-8H,9,16H2. The molecule has 0 saturated heterocycles. The van der Waals surface area contributed by atoms with Gasteiger partial charge in [-0.15, -0.1) is 11.3 Å². The van der Waals surface area contributed by atoms with Crippen molar-refractivity contribution >= 4 is 27.2 Å². The first-order valence-electron chi connectivity index (χ1n) is 5.95. The van der Waals surface area contributed by atoms with Gasteiger partial charge in [0.2, 0.25) is 0 Å². The molecule has 2 aromatic heterocycles. The van der Waals surface area contributed by atoms with E-state index in [2.05, 4.69) is 4.98 Å². The normalized spacial score (nSPS) is 10.8. The molecule has 0 unspecified atom stereocenters. The number of thiophene rings is 1. The van der Waals surface area contributed by atoms with E-state index >= 15 is 0 Å². The van der Waals surface area contributed by atoms with E-state index in [1.54, 1.807) is 29.7 Å². The zero-order chi connectivity index (χ0) is 13.2. The molecule has 0 aliphatic rings. The second-order valence-corrected chi connectivity index (χ2v) is 5.13. The quantitative estimate of drug-likeness (QED) is 0.743. The highest BCUT2D eigenvalue weighted by Gasteiger charge is 2.13. The van der Waals surface area contributed by atoms with E-state index in [4.69, 9.17) is 5.73 Å². The average Bonchev–Trinajstić information content (AvgIpc) is 2.95. The lowest BCUT2D eigenvalue weighted by Crippen LogP contribution is -2.05. The van der Waals surface area contributed by atoms with Crippen molar-refractivity contribution < 1.29 is 4.79 Å². The summed E-state index contributed by atoms with van der Waals surface area (Å²) in [5, 5.41) is 3.10. The summed E-state index contributed by atoms with van der Waals surface area (Å²) < 4.78 is 1.03. The molecule has 0 saturated carbocycles. The smallest absolute Gasteiger partial charge is 0.194 e. The number of pyridine rings is 1. The summed E-state index contributed by atoms with van der Waals surface area (Å²) in [7, 11) is 0. The summed E-state index contributed by atoms with van der Waals surface area (Å²) in [6.45, 7) is 0.338. The molecule has 0 amide bonds. The van der Waals surface area contributed by atoms with Crippen LogP contribution in [0.4, 0.5) is 0 Å². The maximum absolute atomic E-state index is 12.6. The van der Waals surface area contributed by atoms with Gasteiger partial charge in [-0.2, -0.15) is 0 Å². The molecule has 3 nitrogen and oxygen atoms in total. The minimum Gasteiger partial charge on any atom is -0.325 e. The Kier molecular flexibility index (Phi) is 3.11. The fraction of sp³-hybridized carbons (Fsp3) is 0.0667. The summed E-state index contributed by atoms with van der Waals surface area (Å²) in [4.78, 5) is 16.7. The number of ketones is 1. The van der Waals surface area contributed by atoms with Crippen molar-refractivity contribution in [2.24, 2.45) is 5.73 Å². The van der Waals surface area contributed by atoms with Crippen LogP contribution in [0, 0.1) is 0 Å². The van der Waals surface area contributed by atoms with Crippen LogP contribution in [-0.2, 0) is 6.54 Å². The molecule has 0 aliphatic carbocycles. The average molecular weight is 268 g/mol. The highest BCUT2D eigenvalue weighted by molar-refractivity contribution is 7.17. The van der Waals surface area contributed by atoms with Gasteiger partial charge in [-0.25, -0.2) is 0 Å². The van der Waals surface area contributed by atoms with Gasteiger partial charge in [0.25, 0.3) is 0 Å². The Balaban J connectivity index is 2.10. The minimum absolute atomic E-state index is 0.0187. The number of carbonyl (C=O) groups excluding carboxylic acids is 1. The van der Waals surface area contributed by atoms with Gasteiger partial charge in [-0.1, -0.05) is 12.1 Å². The first kappa shape index (κ1) is 12.0. The molecule has 94 valence electrons. The van der Waals surface area contributed by atoms with E-state index in [1.165, 1.54) is 0 Å². The van der Waals surface area contributed by atoms with Crippen LogP contribution in [0.3, 0.4) is 0 Å². The molecule has 3 aromatic rings. The van der Waals surface area contributed by atoms with Crippen LogP contribution in [0.25, 0.3) is 10.1 Å². The van der Waals surface area contributed by atoms with E-state index in [0.717, 1.165) is 21.3 Å². The number of nitrogens with two attached hydrogens (primary N) is 1. The van der Waals surface area contributed by atoms with E-state index in [0.29, 0.717) is 12.1 Å². The molecular formula is C15H12N2OS. The maximum atomic E-state index is 12.6. The fourth-order valence-corrected chi connectivity index (χ4v) is 2.97. The van der Waals surface area contributed by atoms with Crippen molar-refractivity contribution in [3.63, 3.8) is 0 Å². The Morgan fingerprint density at radius 2 is 2.16 bits per heavy atom. The first-order chi connectivity index (χ1) is 9.29. The predicted octanol–water partition coefficient (Wildman–Crippen LogP) is 2.99. The minimum atomic E-state index is 0.0187. The number of hydrogen-bond acceptors (Lipinski definition) is 4. The molecule has 0 fully saturated rings. The highest BCUT2D eigenvalue weighted by atomic mass is 32.1. The van der Waals surface area contributed by atoms with E-state index in [9.17, 15) is 4.79 Å². The van der Waals surface area contributed by atoms with Crippen molar-refractivity contribution in [1.29, 1.82) is 0 Å². The van der Waals surface area contributed by atoms with Crippen LogP contribution in [0.1, 0.15) is 21.6 Å². The Labute approximate surface area is 114 Å². The number of aromatic nitrogens is 1. The van der Waals surface area contributed by atoms with Gasteiger partial charge in [-0.05, 0) is 35.0 Å². The van der Waals surface area contributed by atoms with Crippen molar-refractivity contribution in [3.05, 3.63) is 64.8 Å². The SMILES string of the molecule is NCc1cc(C(=O)c2cccc3ccsc23)ccn1. The van der Waals surface area contributed by atoms with Gasteiger partial charge in [-0.3, -0.25) is 9.78 Å². The third kappa shape index (κ3) is 2.16. The largest absolute Gasteiger partial charge is 0.325 e. The highest BCUT2D eigenvalue weighted by Crippen LogP contribution is 2.26. The van der Waals surface area contributed by atoms with E-state index in [-0.39, 0.29) is 5.78 Å². The lowest BCUT2D eigenvalue weighted by atomic mass is 10.0. The topological polar surface area (TPSA) is 56.0 Å². The summed E-state index contributed by atoms with van der Waals surface area (Å²) in [5.74, 6) is 0.0187. The third-order valence-electron chi connectivity index (χ3n) is 3.01. The summed E-state index contributed by atoms with van der Waals surface area (Å²) >= 11 is 1.59. The van der Waals surface area contributed by atoms with Crippen LogP contribution < -0.4 is 5.73 Å². The number of benzene rings is 1. The Bertz CT molecular complexity index is 748. The zero-order valence-electron chi connectivity index (χ0n) is 10.2. The van der Waals surface area contributed by atoms with Crippen molar-refractivity contribution in [2.45, 2.75) is 6.54 Å². The molecule has 3 rings (SSSR count). The Morgan fingerprint density at radius 3 is 3.00 bits per heavy atom. The molecule has 0 radical (unpaired) electrons. The summed E-state index contributed by atoms with van der Waals surface area (Å²) in [6.07, 6.45) is 1.63. The van der Waals surface area contributed by atoms with Crippen LogP contribution >= 0.6 is 11.3 Å². The lowest BCUT2D eigenvalue weighted by Gasteiger charge is -2.04. The fourth-order valence-electron chi connectivity index (χ4n) is 2.06. The second-order valence-electron chi connectivity index (χ2n) is 4.21. The Morgan fingerprint density at radius 1 is 1.26 bits per heavy atom. The molecule has 0 bridgehead atoms. The van der Waals surface area contributed by atoms with Crippen LogP contribution in [0.5, 0.6) is 0 Å². The number of nitrogens with zero attached hydrogens (tertiary/aromatic N) is 1. The predicted molar refractivity (Wildman–Crippen MR) is 77.4 cm³/mol. The second kappa shape index (κ2) is 4.91. The van der Waals surface area contributed by atoms with Gasteiger partial charge >= 0.3 is 0 Å². The zero-order valence-corrected chi connectivity index (χ0v) is 11.0. The van der Waals surface area contributed by atoms with Gasteiger partial charge < -0.3 is 5.73 Å². The Hall–Kier alpha value is -2.04. The molecule has 0 spiro atoms. The molecule has 2 N–H and O–H groups in total. The third-order valence-corrected chi connectivity index (χ3v) is 3.97. The van der Waals surface area contributed by atoms with Gasteiger partial charge in [0.05, 0.1) is 5.69 Å². The molecule has 0 atom stereocenters. The number of rotatable bonds is 3. The number of fused-ring (bicyclic) bond motifs is 1. The van der Waals surface area contributed by atoms with E-state index in [1.807, 2.05) is 29.6 Å². The van der Waals surface area contributed by atoms with E-state index < -0.39 is 0 Å². The van der Waals surface area contributed by atoms with Crippen LogP contribution in [-0.4, -0.2) is 10.8 Å². The molecule has 2 heterocycles. The number of hydrogen-bond donors (Lipinski definition) is 1. The molecule has 4 heteroatoms. The molecular weight excluding hydrogens is 256 g/mol. The summed E-state index contributed by atoms with van der Waals surface area (Å²) in [6, 6.07) is 11.3. The van der Waals surface area contributed by atoms with Gasteiger partial charge in [0, 0.05) is 28.6 Å². The van der Waals surface area contributed by atoms with Crippen molar-refractivity contribution in [3.8, 4) is 0 Å². The van der Waals surface area contributed by atoms with Crippen molar-refractivity contribution in [1.82, 2.24) is 4.98 Å². The number of carbonyl (C=O) groups is 1. The molecule has 1 aromatic carbocycles. The maximum Gasteiger partial charge on any atom is 0.194 e. The first-order valence-corrected chi connectivity index (χ1v) is 6.83.